The van der Waals surface area contributed by atoms with Crippen molar-refractivity contribution in [3.05, 3.63) is 42.6 Å². The van der Waals surface area contributed by atoms with Gasteiger partial charge in [0.15, 0.2) is 0 Å². The van der Waals surface area contributed by atoms with Crippen LogP contribution in [0.15, 0.2) is 52.0 Å². The van der Waals surface area contributed by atoms with Gasteiger partial charge in [0.05, 0.1) is 11.1 Å². The molecule has 0 saturated carbocycles. The maximum Gasteiger partial charge on any atom is 0.324 e. The predicted octanol–water partition coefficient (Wildman–Crippen LogP) is 1.21. The van der Waals surface area contributed by atoms with Crippen LogP contribution in [-0.4, -0.2) is 55.0 Å². The summed E-state index contributed by atoms with van der Waals surface area (Å²) in [4.78, 5) is 13.9. The van der Waals surface area contributed by atoms with E-state index < -0.39 is 10.0 Å². The Labute approximate surface area is 133 Å². The molecule has 2 aromatic rings. The van der Waals surface area contributed by atoms with Crippen molar-refractivity contribution in [3.63, 3.8) is 0 Å². The molecule has 1 N–H and O–H groups in total. The quantitative estimate of drug-likeness (QED) is 0.909. The Morgan fingerprint density at radius 3 is 2.39 bits per heavy atom. The van der Waals surface area contributed by atoms with E-state index in [4.69, 9.17) is 4.52 Å². The van der Waals surface area contributed by atoms with E-state index in [-0.39, 0.29) is 29.9 Å². The first-order valence-corrected chi connectivity index (χ1v) is 8.53. The molecule has 1 saturated heterocycles. The van der Waals surface area contributed by atoms with Crippen molar-refractivity contribution in [3.8, 4) is 0 Å². The van der Waals surface area contributed by atoms with Crippen LogP contribution in [0.4, 0.5) is 10.7 Å². The maximum absolute atomic E-state index is 12.5. The van der Waals surface area contributed by atoms with E-state index in [0.29, 0.717) is 13.1 Å². The Balaban J connectivity index is 1.61. The molecule has 0 spiro atoms. The van der Waals surface area contributed by atoms with Crippen LogP contribution in [0.1, 0.15) is 0 Å². The smallest absolute Gasteiger partial charge is 0.324 e. The minimum absolute atomic E-state index is 0.251. The monoisotopic (exact) mass is 336 g/mol. The van der Waals surface area contributed by atoms with Crippen molar-refractivity contribution in [2.45, 2.75) is 4.90 Å². The molecule has 122 valence electrons. The summed E-state index contributed by atoms with van der Waals surface area (Å²) in [6.45, 7) is 1.13. The van der Waals surface area contributed by atoms with Gasteiger partial charge in [0, 0.05) is 32.2 Å². The van der Waals surface area contributed by atoms with Gasteiger partial charge in [0.1, 0.15) is 0 Å². The minimum atomic E-state index is -3.51. The summed E-state index contributed by atoms with van der Waals surface area (Å²) in [5, 5.41) is 6.07. The first kappa shape index (κ1) is 15.5. The third-order valence-corrected chi connectivity index (χ3v) is 5.49. The molecule has 2 amide bonds. The summed E-state index contributed by atoms with van der Waals surface area (Å²) in [7, 11) is -3.51. The van der Waals surface area contributed by atoms with Gasteiger partial charge in [-0.05, 0) is 12.1 Å². The molecule has 2 heterocycles. The second-order valence-corrected chi connectivity index (χ2v) is 6.95. The standard InChI is InChI=1S/C14H16N4O4S/c19-14(16-13-6-7-15-22-13)17-8-10-18(11-9-17)23(20,21)12-4-2-1-3-5-12/h1-7H,8-11H2,(H,16,19). The second-order valence-electron chi connectivity index (χ2n) is 5.01. The lowest BCUT2D eigenvalue weighted by molar-refractivity contribution is 0.183. The van der Waals surface area contributed by atoms with E-state index in [0.717, 1.165) is 0 Å². The molecule has 0 bridgehead atoms. The molecule has 8 nitrogen and oxygen atoms in total. The van der Waals surface area contributed by atoms with E-state index in [1.54, 1.807) is 35.2 Å². The lowest BCUT2D eigenvalue weighted by Gasteiger charge is -2.33. The molecule has 0 radical (unpaired) electrons. The average molecular weight is 336 g/mol. The number of amides is 2. The highest BCUT2D eigenvalue weighted by Gasteiger charge is 2.30. The second kappa shape index (κ2) is 6.39. The lowest BCUT2D eigenvalue weighted by Crippen LogP contribution is -2.51. The van der Waals surface area contributed by atoms with Crippen molar-refractivity contribution in [2.24, 2.45) is 0 Å². The van der Waals surface area contributed by atoms with Crippen LogP contribution in [0.25, 0.3) is 0 Å². The predicted molar refractivity (Wildman–Crippen MR) is 82.3 cm³/mol. The lowest BCUT2D eigenvalue weighted by atomic mass is 10.4. The van der Waals surface area contributed by atoms with Crippen molar-refractivity contribution in [2.75, 3.05) is 31.5 Å². The van der Waals surface area contributed by atoms with Crippen LogP contribution in [-0.2, 0) is 10.0 Å². The van der Waals surface area contributed by atoms with Crippen molar-refractivity contribution in [1.29, 1.82) is 0 Å². The van der Waals surface area contributed by atoms with E-state index in [9.17, 15) is 13.2 Å². The Bertz CT molecular complexity index is 753. The fourth-order valence-corrected chi connectivity index (χ4v) is 3.78. The van der Waals surface area contributed by atoms with Crippen LogP contribution < -0.4 is 5.32 Å². The van der Waals surface area contributed by atoms with Gasteiger partial charge < -0.3 is 9.42 Å². The Kier molecular flexibility index (Phi) is 4.30. The molecule has 1 fully saturated rings. The van der Waals surface area contributed by atoms with Crippen LogP contribution in [0, 0.1) is 0 Å². The van der Waals surface area contributed by atoms with Gasteiger partial charge in [0.25, 0.3) is 0 Å². The zero-order chi connectivity index (χ0) is 16.3. The molecule has 23 heavy (non-hydrogen) atoms. The number of sulfonamides is 1. The molecule has 1 aromatic carbocycles. The molecule has 9 heteroatoms. The summed E-state index contributed by atoms with van der Waals surface area (Å²) < 4.78 is 31.2. The third-order valence-electron chi connectivity index (χ3n) is 3.57. The summed E-state index contributed by atoms with van der Waals surface area (Å²) in [5.41, 5.74) is 0. The number of benzene rings is 1. The number of anilines is 1. The van der Waals surface area contributed by atoms with E-state index in [1.807, 2.05) is 0 Å². The third kappa shape index (κ3) is 3.35. The Morgan fingerprint density at radius 2 is 1.78 bits per heavy atom. The highest BCUT2D eigenvalue weighted by Crippen LogP contribution is 2.17. The van der Waals surface area contributed by atoms with E-state index in [1.165, 1.54) is 16.6 Å². The molecule has 3 rings (SSSR count). The molecule has 1 aromatic heterocycles. The summed E-state index contributed by atoms with van der Waals surface area (Å²) in [5.74, 6) is 0.259. The summed E-state index contributed by atoms with van der Waals surface area (Å²) in [6.07, 6.45) is 1.43. The number of carbonyl (C=O) groups excluding carboxylic acids is 1. The molecular formula is C14H16N4O4S. The number of aromatic nitrogens is 1. The number of hydrogen-bond acceptors (Lipinski definition) is 5. The van der Waals surface area contributed by atoms with E-state index >= 15 is 0 Å². The summed E-state index contributed by atoms with van der Waals surface area (Å²) in [6, 6.07) is 9.48. The van der Waals surface area contributed by atoms with Crippen molar-refractivity contribution in [1.82, 2.24) is 14.4 Å². The highest BCUT2D eigenvalue weighted by molar-refractivity contribution is 7.89. The van der Waals surface area contributed by atoms with Gasteiger partial charge in [0.2, 0.25) is 15.9 Å². The summed E-state index contributed by atoms with van der Waals surface area (Å²) >= 11 is 0. The SMILES string of the molecule is O=C(Nc1ccno1)N1CCN(S(=O)(=O)c2ccccc2)CC1. The normalized spacial score (nSPS) is 16.3. The van der Waals surface area contributed by atoms with Crippen LogP contribution in [0.3, 0.4) is 0 Å². The number of nitrogens with zero attached hydrogens (tertiary/aromatic N) is 3. The molecule has 0 atom stereocenters. The first-order chi connectivity index (χ1) is 11.1. The average Bonchev–Trinajstić information content (AvgIpc) is 3.09. The van der Waals surface area contributed by atoms with Gasteiger partial charge >= 0.3 is 6.03 Å². The zero-order valence-electron chi connectivity index (χ0n) is 12.3. The minimum Gasteiger partial charge on any atom is -0.338 e. The van der Waals surface area contributed by atoms with Crippen LogP contribution in [0.5, 0.6) is 0 Å². The van der Waals surface area contributed by atoms with Crippen molar-refractivity contribution < 1.29 is 17.7 Å². The van der Waals surface area contributed by atoms with Gasteiger partial charge in [-0.15, -0.1) is 0 Å². The Hall–Kier alpha value is -2.39. The number of hydrogen-bond donors (Lipinski definition) is 1. The number of nitrogens with one attached hydrogen (secondary N) is 1. The van der Waals surface area contributed by atoms with Gasteiger partial charge in [-0.2, -0.15) is 4.31 Å². The topological polar surface area (TPSA) is 95.8 Å². The fourth-order valence-electron chi connectivity index (χ4n) is 2.34. The van der Waals surface area contributed by atoms with Gasteiger partial charge in [-0.1, -0.05) is 23.4 Å². The van der Waals surface area contributed by atoms with Crippen molar-refractivity contribution >= 4 is 21.9 Å². The first-order valence-electron chi connectivity index (χ1n) is 7.09. The van der Waals surface area contributed by atoms with Crippen LogP contribution in [0.2, 0.25) is 0 Å². The molecule has 0 unspecified atom stereocenters. The van der Waals surface area contributed by atoms with E-state index in [2.05, 4.69) is 10.5 Å². The van der Waals surface area contributed by atoms with Gasteiger partial charge in [-0.25, -0.2) is 13.2 Å². The number of urea groups is 1. The largest absolute Gasteiger partial charge is 0.338 e. The maximum atomic E-state index is 12.5. The fraction of sp³-hybridized carbons (Fsp3) is 0.286. The number of rotatable bonds is 3. The molecule has 0 aliphatic carbocycles. The number of carbonyl (C=O) groups is 1. The molecular weight excluding hydrogens is 320 g/mol. The van der Waals surface area contributed by atoms with Gasteiger partial charge in [-0.3, -0.25) is 5.32 Å². The van der Waals surface area contributed by atoms with Crippen LogP contribution >= 0.6 is 0 Å². The number of piperazine rings is 1. The zero-order valence-corrected chi connectivity index (χ0v) is 13.1. The highest BCUT2D eigenvalue weighted by atomic mass is 32.2. The molecule has 1 aliphatic rings. The molecule has 1 aliphatic heterocycles. The Morgan fingerprint density at radius 1 is 1.09 bits per heavy atom.